The van der Waals surface area contributed by atoms with Crippen LogP contribution < -0.4 is 0 Å². The highest BCUT2D eigenvalue weighted by Gasteiger charge is 2.28. The molecule has 0 saturated carbocycles. The molecule has 0 spiro atoms. The van der Waals surface area contributed by atoms with Crippen molar-refractivity contribution in [3.05, 3.63) is 12.7 Å². The predicted molar refractivity (Wildman–Crippen MR) is 88.5 cm³/mol. The van der Waals surface area contributed by atoms with E-state index in [1.54, 1.807) is 6.08 Å². The fraction of sp³-hybridized carbons (Fsp3) is 0.778. The van der Waals surface area contributed by atoms with Crippen molar-refractivity contribution in [3.8, 4) is 0 Å². The molecule has 0 aromatic rings. The number of allylic oxidation sites excluding steroid dienone is 1. The van der Waals surface area contributed by atoms with Crippen LogP contribution in [0.5, 0.6) is 0 Å². The molecule has 4 nitrogen and oxygen atoms in total. The topological polar surface area (TPSA) is 52.6 Å². The second kappa shape index (κ2) is 14.6. The zero-order chi connectivity index (χ0) is 16.6. The minimum absolute atomic E-state index is 0.265. The maximum atomic E-state index is 12.0. The molecule has 0 rings (SSSR count). The van der Waals surface area contributed by atoms with Gasteiger partial charge in [-0.05, 0) is 19.3 Å². The Hall–Kier alpha value is -1.32. The highest BCUT2D eigenvalue weighted by Crippen LogP contribution is 2.11. The molecule has 0 saturated heterocycles. The molecule has 0 aromatic heterocycles. The monoisotopic (exact) mass is 312 g/mol. The van der Waals surface area contributed by atoms with Gasteiger partial charge in [-0.2, -0.15) is 0 Å². The molecule has 0 atom stereocenters. The van der Waals surface area contributed by atoms with Crippen molar-refractivity contribution in [3.63, 3.8) is 0 Å². The predicted octanol–water partition coefficient (Wildman–Crippen LogP) is 4.43. The molecule has 0 amide bonds. The summed E-state index contributed by atoms with van der Waals surface area (Å²) >= 11 is 0. The van der Waals surface area contributed by atoms with E-state index in [4.69, 9.17) is 9.47 Å². The average molecular weight is 312 g/mol. The van der Waals surface area contributed by atoms with Gasteiger partial charge in [0.05, 0.1) is 13.2 Å². The van der Waals surface area contributed by atoms with Gasteiger partial charge in [0, 0.05) is 0 Å². The van der Waals surface area contributed by atoms with Gasteiger partial charge < -0.3 is 9.47 Å². The van der Waals surface area contributed by atoms with E-state index in [-0.39, 0.29) is 6.42 Å². The van der Waals surface area contributed by atoms with E-state index < -0.39 is 17.9 Å². The van der Waals surface area contributed by atoms with Crippen LogP contribution in [0.1, 0.15) is 71.6 Å². The van der Waals surface area contributed by atoms with E-state index in [9.17, 15) is 9.59 Å². The lowest BCUT2D eigenvalue weighted by molar-refractivity contribution is -0.162. The minimum Gasteiger partial charge on any atom is -0.465 e. The largest absolute Gasteiger partial charge is 0.465 e. The van der Waals surface area contributed by atoms with E-state index in [0.29, 0.717) is 13.2 Å². The van der Waals surface area contributed by atoms with Crippen LogP contribution in [0.3, 0.4) is 0 Å². The Kier molecular flexibility index (Phi) is 13.7. The smallest absolute Gasteiger partial charge is 0.320 e. The molecule has 0 unspecified atom stereocenters. The van der Waals surface area contributed by atoms with E-state index >= 15 is 0 Å². The van der Waals surface area contributed by atoms with Gasteiger partial charge in [0.2, 0.25) is 0 Å². The Morgan fingerprint density at radius 3 is 1.68 bits per heavy atom. The van der Waals surface area contributed by atoms with Gasteiger partial charge in [0.1, 0.15) is 0 Å². The zero-order valence-corrected chi connectivity index (χ0v) is 14.3. The molecule has 0 N–H and O–H groups in total. The molecule has 0 heterocycles. The minimum atomic E-state index is -0.866. The Morgan fingerprint density at radius 2 is 1.32 bits per heavy atom. The van der Waals surface area contributed by atoms with Crippen LogP contribution in [-0.4, -0.2) is 25.2 Å². The highest BCUT2D eigenvalue weighted by atomic mass is 16.6. The Balaban J connectivity index is 4.06. The van der Waals surface area contributed by atoms with Gasteiger partial charge in [-0.3, -0.25) is 9.59 Å². The maximum absolute atomic E-state index is 12.0. The number of rotatable bonds is 14. The first-order chi connectivity index (χ1) is 10.7. The van der Waals surface area contributed by atoms with Crippen molar-refractivity contribution in [1.29, 1.82) is 0 Å². The molecule has 4 heteroatoms. The SMILES string of the molecule is C=CCC(C(=O)OCCCCCC)C(=O)OCCCCCC. The highest BCUT2D eigenvalue weighted by molar-refractivity contribution is 5.95. The summed E-state index contributed by atoms with van der Waals surface area (Å²) in [6, 6.07) is 0. The molecule has 0 aromatic carbocycles. The molecular weight excluding hydrogens is 280 g/mol. The van der Waals surface area contributed by atoms with Gasteiger partial charge in [0.25, 0.3) is 0 Å². The van der Waals surface area contributed by atoms with E-state index in [1.807, 2.05) is 0 Å². The van der Waals surface area contributed by atoms with Crippen LogP contribution in [0.15, 0.2) is 12.7 Å². The Bertz CT molecular complexity index is 286. The first-order valence-corrected chi connectivity index (χ1v) is 8.61. The number of ether oxygens (including phenoxy) is 2. The summed E-state index contributed by atoms with van der Waals surface area (Å²) in [4.78, 5) is 23.9. The van der Waals surface area contributed by atoms with Crippen molar-refractivity contribution >= 4 is 11.9 Å². The molecule has 0 aliphatic carbocycles. The number of hydrogen-bond donors (Lipinski definition) is 0. The molecular formula is C18H32O4. The van der Waals surface area contributed by atoms with Crippen molar-refractivity contribution in [2.24, 2.45) is 5.92 Å². The van der Waals surface area contributed by atoms with Crippen LogP contribution in [0.25, 0.3) is 0 Å². The van der Waals surface area contributed by atoms with Crippen molar-refractivity contribution in [1.82, 2.24) is 0 Å². The van der Waals surface area contributed by atoms with Crippen LogP contribution in [0.2, 0.25) is 0 Å². The third-order valence-corrected chi connectivity index (χ3v) is 3.46. The quantitative estimate of drug-likeness (QED) is 0.206. The summed E-state index contributed by atoms with van der Waals surface area (Å²) in [5.74, 6) is -1.85. The third-order valence-electron chi connectivity index (χ3n) is 3.46. The molecule has 0 aliphatic heterocycles. The maximum Gasteiger partial charge on any atom is 0.320 e. The van der Waals surface area contributed by atoms with Gasteiger partial charge in [-0.15, -0.1) is 6.58 Å². The molecule has 0 fully saturated rings. The summed E-state index contributed by atoms with van der Waals surface area (Å²) < 4.78 is 10.4. The standard InChI is InChI=1S/C18H32O4/c1-4-7-9-11-14-21-17(19)16(13-6-3)18(20)22-15-12-10-8-5-2/h6,16H,3-5,7-15H2,1-2H3. The van der Waals surface area contributed by atoms with Gasteiger partial charge in [-0.1, -0.05) is 58.4 Å². The van der Waals surface area contributed by atoms with Gasteiger partial charge >= 0.3 is 11.9 Å². The van der Waals surface area contributed by atoms with E-state index in [1.165, 1.54) is 0 Å². The lowest BCUT2D eigenvalue weighted by Crippen LogP contribution is -2.28. The number of hydrogen-bond acceptors (Lipinski definition) is 4. The van der Waals surface area contributed by atoms with E-state index in [0.717, 1.165) is 51.4 Å². The number of carbonyl (C=O) groups excluding carboxylic acids is 2. The zero-order valence-electron chi connectivity index (χ0n) is 14.3. The van der Waals surface area contributed by atoms with Crippen LogP contribution in [0.4, 0.5) is 0 Å². The number of unbranched alkanes of at least 4 members (excludes halogenated alkanes) is 6. The van der Waals surface area contributed by atoms with Crippen molar-refractivity contribution in [2.75, 3.05) is 13.2 Å². The Labute approximate surface area is 135 Å². The third kappa shape index (κ3) is 10.4. The molecule has 0 bridgehead atoms. The van der Waals surface area contributed by atoms with Crippen LogP contribution in [0, 0.1) is 5.92 Å². The molecule has 0 aliphatic rings. The second-order valence-corrected chi connectivity index (χ2v) is 5.53. The van der Waals surface area contributed by atoms with Crippen molar-refractivity contribution < 1.29 is 19.1 Å². The average Bonchev–Trinajstić information content (AvgIpc) is 2.51. The fourth-order valence-corrected chi connectivity index (χ4v) is 2.06. The van der Waals surface area contributed by atoms with Gasteiger partial charge in [0.15, 0.2) is 5.92 Å². The number of carbonyl (C=O) groups is 2. The first kappa shape index (κ1) is 20.7. The van der Waals surface area contributed by atoms with E-state index in [2.05, 4.69) is 20.4 Å². The van der Waals surface area contributed by atoms with Crippen molar-refractivity contribution in [2.45, 2.75) is 71.6 Å². The van der Waals surface area contributed by atoms with Crippen LogP contribution in [-0.2, 0) is 19.1 Å². The summed E-state index contributed by atoms with van der Waals surface area (Å²) in [5.41, 5.74) is 0. The molecule has 128 valence electrons. The van der Waals surface area contributed by atoms with Crippen LogP contribution >= 0.6 is 0 Å². The fourth-order valence-electron chi connectivity index (χ4n) is 2.06. The normalized spacial score (nSPS) is 10.5. The summed E-state index contributed by atoms with van der Waals surface area (Å²) in [6.07, 6.45) is 10.1. The summed E-state index contributed by atoms with van der Waals surface area (Å²) in [7, 11) is 0. The molecule has 0 radical (unpaired) electrons. The number of esters is 2. The summed E-state index contributed by atoms with van der Waals surface area (Å²) in [5, 5.41) is 0. The Morgan fingerprint density at radius 1 is 0.864 bits per heavy atom. The lowest BCUT2D eigenvalue weighted by Gasteiger charge is -2.14. The molecule has 22 heavy (non-hydrogen) atoms. The summed E-state index contributed by atoms with van der Waals surface area (Å²) in [6.45, 7) is 8.59. The van der Waals surface area contributed by atoms with Gasteiger partial charge in [-0.25, -0.2) is 0 Å². The second-order valence-electron chi connectivity index (χ2n) is 5.53. The lowest BCUT2D eigenvalue weighted by atomic mass is 10.1. The first-order valence-electron chi connectivity index (χ1n) is 8.61.